The van der Waals surface area contributed by atoms with Crippen molar-refractivity contribution in [3.8, 4) is 5.75 Å². The molecule has 4 rings (SSSR count). The van der Waals surface area contributed by atoms with E-state index in [4.69, 9.17) is 13.9 Å². The molecule has 0 aliphatic heterocycles. The summed E-state index contributed by atoms with van der Waals surface area (Å²) in [7, 11) is 1.51. The number of methoxy groups -OCH3 is 1. The quantitative estimate of drug-likeness (QED) is 0.610. The highest BCUT2D eigenvalue weighted by Crippen LogP contribution is 2.66. The minimum absolute atomic E-state index is 0.0480. The highest BCUT2D eigenvalue weighted by molar-refractivity contribution is 5.94. The Morgan fingerprint density at radius 1 is 1.27 bits per heavy atom. The second-order valence-corrected chi connectivity index (χ2v) is 8.33. The van der Waals surface area contributed by atoms with Crippen LogP contribution in [0.4, 0.5) is 0 Å². The Labute approximate surface area is 152 Å². The van der Waals surface area contributed by atoms with E-state index < -0.39 is 11.6 Å². The molecule has 2 bridgehead atoms. The third-order valence-corrected chi connectivity index (χ3v) is 7.13. The molecule has 2 aromatic rings. The maximum atomic E-state index is 12.7. The van der Waals surface area contributed by atoms with Crippen LogP contribution in [0.15, 0.2) is 33.5 Å². The third kappa shape index (κ3) is 2.22. The second kappa shape index (κ2) is 5.60. The number of ether oxygens (including phenoxy) is 2. The largest absolute Gasteiger partial charge is 0.493 e. The van der Waals surface area contributed by atoms with Gasteiger partial charge < -0.3 is 13.9 Å². The maximum Gasteiger partial charge on any atom is 0.351 e. The Bertz CT molecular complexity index is 941. The van der Waals surface area contributed by atoms with E-state index >= 15 is 0 Å². The summed E-state index contributed by atoms with van der Waals surface area (Å²) >= 11 is 0. The first-order chi connectivity index (χ1) is 12.3. The Morgan fingerprint density at radius 3 is 2.65 bits per heavy atom. The average molecular weight is 356 g/mol. The standard InChI is InChI=1S/C21H24O5/c1-20(2)13-8-9-21(20,3)16(11-13)25-18(22)14-10-12-6-5-7-15(24-4)17(12)26-19(14)23/h5-7,10,13,16H,8-9,11H2,1-4H3/t13-,16+,21+/m0/s1. The molecule has 1 heterocycles. The summed E-state index contributed by atoms with van der Waals surface area (Å²) in [5, 5.41) is 0.635. The molecule has 0 spiro atoms. The summed E-state index contributed by atoms with van der Waals surface area (Å²) in [5.74, 6) is 0.419. The van der Waals surface area contributed by atoms with Crippen LogP contribution in [-0.4, -0.2) is 19.2 Å². The number of rotatable bonds is 3. The van der Waals surface area contributed by atoms with Crippen LogP contribution in [0, 0.1) is 16.7 Å². The summed E-state index contributed by atoms with van der Waals surface area (Å²) < 4.78 is 16.4. The minimum atomic E-state index is -0.695. The Morgan fingerprint density at radius 2 is 2.04 bits per heavy atom. The number of carbonyl (C=O) groups is 1. The smallest absolute Gasteiger partial charge is 0.351 e. The lowest BCUT2D eigenvalue weighted by atomic mass is 9.70. The number of esters is 1. The molecule has 0 unspecified atom stereocenters. The van der Waals surface area contributed by atoms with Gasteiger partial charge in [-0.15, -0.1) is 0 Å². The number of fused-ring (bicyclic) bond motifs is 3. The summed E-state index contributed by atoms with van der Waals surface area (Å²) in [4.78, 5) is 25.1. The van der Waals surface area contributed by atoms with Crippen LogP contribution in [0.5, 0.6) is 5.75 Å². The maximum absolute atomic E-state index is 12.7. The van der Waals surface area contributed by atoms with Crippen molar-refractivity contribution in [1.29, 1.82) is 0 Å². The third-order valence-electron chi connectivity index (χ3n) is 7.13. The number of benzene rings is 1. The van der Waals surface area contributed by atoms with Gasteiger partial charge in [0.15, 0.2) is 11.3 Å². The van der Waals surface area contributed by atoms with E-state index in [9.17, 15) is 9.59 Å². The lowest BCUT2D eigenvalue weighted by Gasteiger charge is -2.38. The van der Waals surface area contributed by atoms with Crippen LogP contribution >= 0.6 is 0 Å². The van der Waals surface area contributed by atoms with Crippen molar-refractivity contribution in [2.45, 2.75) is 46.1 Å². The fourth-order valence-electron chi connectivity index (χ4n) is 4.92. The van der Waals surface area contributed by atoms with E-state index in [0.29, 0.717) is 22.6 Å². The van der Waals surface area contributed by atoms with E-state index in [0.717, 1.165) is 12.8 Å². The SMILES string of the molecule is COc1cccc2cc(C(=O)O[C@@H]3C[C@@H]4CC[C@@]3(C)C4(C)C)c(=O)oc12. The lowest BCUT2D eigenvalue weighted by Crippen LogP contribution is -2.38. The molecule has 2 fully saturated rings. The molecule has 5 nitrogen and oxygen atoms in total. The van der Waals surface area contributed by atoms with Crippen molar-refractivity contribution in [2.75, 3.05) is 7.11 Å². The van der Waals surface area contributed by atoms with Gasteiger partial charge in [-0.05, 0) is 42.7 Å². The van der Waals surface area contributed by atoms with Crippen molar-refractivity contribution >= 4 is 16.9 Å². The molecule has 138 valence electrons. The van der Waals surface area contributed by atoms with Gasteiger partial charge in [-0.2, -0.15) is 0 Å². The molecule has 0 amide bonds. The summed E-state index contributed by atoms with van der Waals surface area (Å²) in [6, 6.07) is 6.81. The van der Waals surface area contributed by atoms with Crippen LogP contribution in [0.3, 0.4) is 0 Å². The molecule has 5 heteroatoms. The average Bonchev–Trinajstić information content (AvgIpc) is 2.94. The highest BCUT2D eigenvalue weighted by Gasteiger charge is 2.62. The van der Waals surface area contributed by atoms with Gasteiger partial charge in [0.05, 0.1) is 7.11 Å². The van der Waals surface area contributed by atoms with E-state index in [1.54, 1.807) is 18.2 Å². The number of para-hydroxylation sites is 1. The van der Waals surface area contributed by atoms with Gasteiger partial charge >= 0.3 is 11.6 Å². The second-order valence-electron chi connectivity index (χ2n) is 8.33. The van der Waals surface area contributed by atoms with Gasteiger partial charge in [0.2, 0.25) is 0 Å². The zero-order valence-corrected chi connectivity index (χ0v) is 15.6. The van der Waals surface area contributed by atoms with Crippen LogP contribution in [-0.2, 0) is 4.74 Å². The van der Waals surface area contributed by atoms with E-state index in [1.807, 2.05) is 0 Å². The molecule has 0 N–H and O–H groups in total. The van der Waals surface area contributed by atoms with Crippen molar-refractivity contribution in [3.05, 3.63) is 40.2 Å². The Balaban J connectivity index is 1.66. The fraction of sp³-hybridized carbons (Fsp3) is 0.524. The van der Waals surface area contributed by atoms with Gasteiger partial charge in [-0.25, -0.2) is 9.59 Å². The molecule has 2 aliphatic carbocycles. The molecule has 3 atom stereocenters. The summed E-state index contributed by atoms with van der Waals surface area (Å²) in [6.45, 7) is 6.72. The summed E-state index contributed by atoms with van der Waals surface area (Å²) in [6.07, 6.45) is 2.92. The zero-order valence-electron chi connectivity index (χ0n) is 15.6. The van der Waals surface area contributed by atoms with Crippen molar-refractivity contribution in [3.63, 3.8) is 0 Å². The Kier molecular flexibility index (Phi) is 3.69. The van der Waals surface area contributed by atoms with Gasteiger partial charge in [-0.3, -0.25) is 0 Å². The van der Waals surface area contributed by atoms with Crippen LogP contribution in [0.1, 0.15) is 50.4 Å². The first-order valence-electron chi connectivity index (χ1n) is 9.10. The van der Waals surface area contributed by atoms with E-state index in [1.165, 1.54) is 19.6 Å². The van der Waals surface area contributed by atoms with Crippen molar-refractivity contribution in [1.82, 2.24) is 0 Å². The van der Waals surface area contributed by atoms with Crippen LogP contribution in [0.25, 0.3) is 11.0 Å². The Hall–Kier alpha value is -2.30. The van der Waals surface area contributed by atoms with Crippen LogP contribution in [0.2, 0.25) is 0 Å². The molecule has 1 aromatic carbocycles. The molecule has 0 saturated heterocycles. The first-order valence-corrected chi connectivity index (χ1v) is 9.10. The molecular formula is C21H24O5. The summed E-state index contributed by atoms with van der Waals surface area (Å²) in [5.41, 5.74) is -0.327. The minimum Gasteiger partial charge on any atom is -0.493 e. The number of hydrogen-bond donors (Lipinski definition) is 0. The molecule has 0 radical (unpaired) electrons. The fourth-order valence-corrected chi connectivity index (χ4v) is 4.92. The normalized spacial score (nSPS) is 29.1. The number of carbonyl (C=O) groups excluding carboxylic acids is 1. The van der Waals surface area contributed by atoms with Gasteiger partial charge in [0, 0.05) is 10.8 Å². The topological polar surface area (TPSA) is 65.7 Å². The lowest BCUT2D eigenvalue weighted by molar-refractivity contribution is -0.0245. The van der Waals surface area contributed by atoms with E-state index in [2.05, 4.69) is 20.8 Å². The molecule has 2 saturated carbocycles. The van der Waals surface area contributed by atoms with Gasteiger partial charge in [0.25, 0.3) is 0 Å². The zero-order chi connectivity index (χ0) is 18.7. The van der Waals surface area contributed by atoms with Crippen molar-refractivity contribution in [2.24, 2.45) is 16.7 Å². The number of hydrogen-bond acceptors (Lipinski definition) is 5. The predicted molar refractivity (Wildman–Crippen MR) is 97.5 cm³/mol. The van der Waals surface area contributed by atoms with E-state index in [-0.39, 0.29) is 22.5 Å². The van der Waals surface area contributed by atoms with Crippen LogP contribution < -0.4 is 10.4 Å². The van der Waals surface area contributed by atoms with Gasteiger partial charge in [-0.1, -0.05) is 32.9 Å². The van der Waals surface area contributed by atoms with Gasteiger partial charge in [0.1, 0.15) is 11.7 Å². The monoisotopic (exact) mass is 356 g/mol. The molecule has 26 heavy (non-hydrogen) atoms. The molecular weight excluding hydrogens is 332 g/mol. The molecule has 1 aromatic heterocycles. The first kappa shape index (κ1) is 17.1. The highest BCUT2D eigenvalue weighted by atomic mass is 16.5. The predicted octanol–water partition coefficient (Wildman–Crippen LogP) is 4.17. The van der Waals surface area contributed by atoms with Crippen molar-refractivity contribution < 1.29 is 18.7 Å². The molecule has 2 aliphatic rings.